The topological polar surface area (TPSA) is 61.4 Å². The highest BCUT2D eigenvalue weighted by Crippen LogP contribution is 2.29. The molecule has 31 heavy (non-hydrogen) atoms. The van der Waals surface area contributed by atoms with Crippen molar-refractivity contribution in [2.45, 2.75) is 60.3 Å². The Hall–Kier alpha value is -2.63. The lowest BCUT2D eigenvalue weighted by Gasteiger charge is -2.36. The van der Waals surface area contributed by atoms with Gasteiger partial charge in [-0.3, -0.25) is 0 Å². The van der Waals surface area contributed by atoms with E-state index in [2.05, 4.69) is 63.0 Å². The molecule has 0 radical (unpaired) electrons. The Labute approximate surface area is 187 Å². The molecule has 168 valence electrons. The van der Waals surface area contributed by atoms with E-state index < -0.39 is 0 Å². The Morgan fingerprint density at radius 3 is 2.45 bits per heavy atom. The van der Waals surface area contributed by atoms with Crippen LogP contribution in [0.3, 0.4) is 0 Å². The number of piperazine rings is 1. The van der Waals surface area contributed by atoms with Crippen molar-refractivity contribution in [3.8, 4) is 0 Å². The summed E-state index contributed by atoms with van der Waals surface area (Å²) < 4.78 is 0. The molecular formula is C25H37N5O. The van der Waals surface area contributed by atoms with Crippen LogP contribution in [0, 0.1) is 20.8 Å². The molecule has 6 nitrogen and oxygen atoms in total. The van der Waals surface area contributed by atoms with Crippen molar-refractivity contribution in [3.05, 3.63) is 52.0 Å². The molecule has 6 heteroatoms. The van der Waals surface area contributed by atoms with Crippen molar-refractivity contribution in [2.24, 2.45) is 0 Å². The molecule has 2 heterocycles. The SMILES string of the molecule is CCNC(=O)N1CCN(c2nc([C@@H](C)CC)nc(C)c2Cc2cc(C)ccc2C)CC1. The summed E-state index contributed by atoms with van der Waals surface area (Å²) in [5.41, 5.74) is 6.15. The highest BCUT2D eigenvalue weighted by molar-refractivity contribution is 5.74. The van der Waals surface area contributed by atoms with Crippen LogP contribution in [0.5, 0.6) is 0 Å². The Kier molecular flexibility index (Phi) is 7.52. The van der Waals surface area contributed by atoms with E-state index in [1.807, 2.05) is 11.8 Å². The minimum Gasteiger partial charge on any atom is -0.353 e. The maximum atomic E-state index is 12.2. The standard InChI is InChI=1S/C25H37N5O/c1-7-18(4)23-27-20(6)22(16-21-15-17(3)9-10-19(21)5)24(28-23)29-11-13-30(14-12-29)25(31)26-8-2/h9-10,15,18H,7-8,11-14,16H2,1-6H3,(H,26,31)/t18-/m0/s1. The summed E-state index contributed by atoms with van der Waals surface area (Å²) in [6, 6.07) is 6.65. The fraction of sp³-hybridized carbons (Fsp3) is 0.560. The molecule has 1 aromatic heterocycles. The molecule has 1 saturated heterocycles. The molecule has 0 bridgehead atoms. The Balaban J connectivity index is 1.94. The third kappa shape index (κ3) is 5.35. The predicted octanol–water partition coefficient (Wildman–Crippen LogP) is 4.36. The predicted molar refractivity (Wildman–Crippen MR) is 127 cm³/mol. The number of nitrogens with one attached hydrogen (secondary N) is 1. The minimum atomic E-state index is 0.0249. The van der Waals surface area contributed by atoms with E-state index >= 15 is 0 Å². The molecule has 2 amide bonds. The van der Waals surface area contributed by atoms with Gasteiger partial charge in [-0.1, -0.05) is 37.6 Å². The number of urea groups is 1. The average Bonchev–Trinajstić information content (AvgIpc) is 2.77. The van der Waals surface area contributed by atoms with Crippen LogP contribution in [0.15, 0.2) is 18.2 Å². The number of nitrogens with zero attached hydrogens (tertiary/aromatic N) is 4. The number of amides is 2. The summed E-state index contributed by atoms with van der Waals surface area (Å²) in [6.07, 6.45) is 1.84. The quantitative estimate of drug-likeness (QED) is 0.750. The van der Waals surface area contributed by atoms with Crippen molar-refractivity contribution < 1.29 is 4.79 Å². The second kappa shape index (κ2) is 10.1. The van der Waals surface area contributed by atoms with Crippen LogP contribution >= 0.6 is 0 Å². The highest BCUT2D eigenvalue weighted by atomic mass is 16.2. The van der Waals surface area contributed by atoms with E-state index in [1.54, 1.807) is 0 Å². The van der Waals surface area contributed by atoms with Crippen LogP contribution in [0.2, 0.25) is 0 Å². The van der Waals surface area contributed by atoms with Gasteiger partial charge in [0.2, 0.25) is 0 Å². The molecule has 1 fully saturated rings. The Morgan fingerprint density at radius 1 is 1.10 bits per heavy atom. The Bertz CT molecular complexity index is 918. The lowest BCUT2D eigenvalue weighted by atomic mass is 9.97. The average molecular weight is 424 g/mol. The third-order valence-corrected chi connectivity index (χ3v) is 6.33. The molecule has 0 saturated carbocycles. The van der Waals surface area contributed by atoms with Crippen molar-refractivity contribution in [3.63, 3.8) is 0 Å². The smallest absolute Gasteiger partial charge is 0.317 e. The van der Waals surface area contributed by atoms with E-state index in [1.165, 1.54) is 22.3 Å². The normalized spacial score (nSPS) is 15.2. The van der Waals surface area contributed by atoms with Gasteiger partial charge in [0.15, 0.2) is 0 Å². The number of carbonyl (C=O) groups excluding carboxylic acids is 1. The zero-order valence-electron chi connectivity index (χ0n) is 20.0. The van der Waals surface area contributed by atoms with Gasteiger partial charge in [0, 0.05) is 56.3 Å². The minimum absolute atomic E-state index is 0.0249. The molecule has 1 aliphatic rings. The third-order valence-electron chi connectivity index (χ3n) is 6.33. The van der Waals surface area contributed by atoms with Crippen LogP contribution in [0.1, 0.15) is 66.9 Å². The van der Waals surface area contributed by atoms with E-state index in [-0.39, 0.29) is 6.03 Å². The van der Waals surface area contributed by atoms with E-state index in [4.69, 9.17) is 9.97 Å². The zero-order chi connectivity index (χ0) is 22.5. The van der Waals surface area contributed by atoms with Crippen LogP contribution < -0.4 is 10.2 Å². The number of benzene rings is 1. The second-order valence-corrected chi connectivity index (χ2v) is 8.69. The first-order valence-corrected chi connectivity index (χ1v) is 11.5. The van der Waals surface area contributed by atoms with Crippen molar-refractivity contribution in [1.29, 1.82) is 0 Å². The first kappa shape index (κ1) is 23.0. The van der Waals surface area contributed by atoms with E-state index in [9.17, 15) is 4.79 Å². The molecular weight excluding hydrogens is 386 g/mol. The summed E-state index contributed by atoms with van der Waals surface area (Å²) in [5, 5.41) is 2.91. The van der Waals surface area contributed by atoms with Gasteiger partial charge in [-0.05, 0) is 45.2 Å². The molecule has 1 atom stereocenters. The van der Waals surface area contributed by atoms with Gasteiger partial charge in [-0.2, -0.15) is 0 Å². The summed E-state index contributed by atoms with van der Waals surface area (Å²) in [5.74, 6) is 2.29. The second-order valence-electron chi connectivity index (χ2n) is 8.69. The number of aryl methyl sites for hydroxylation is 3. The van der Waals surface area contributed by atoms with Crippen LogP contribution in [-0.2, 0) is 6.42 Å². The molecule has 0 spiro atoms. The number of rotatable bonds is 6. The largest absolute Gasteiger partial charge is 0.353 e. The first-order chi connectivity index (χ1) is 14.8. The molecule has 3 rings (SSSR count). The van der Waals surface area contributed by atoms with Gasteiger partial charge in [-0.15, -0.1) is 0 Å². The van der Waals surface area contributed by atoms with Crippen molar-refractivity contribution in [2.75, 3.05) is 37.6 Å². The van der Waals surface area contributed by atoms with Crippen LogP contribution in [0.25, 0.3) is 0 Å². The van der Waals surface area contributed by atoms with Crippen molar-refractivity contribution in [1.82, 2.24) is 20.2 Å². The molecule has 1 aromatic carbocycles. The Morgan fingerprint density at radius 2 is 1.81 bits per heavy atom. The summed E-state index contributed by atoms with van der Waals surface area (Å²) >= 11 is 0. The molecule has 2 aromatic rings. The van der Waals surface area contributed by atoms with Gasteiger partial charge < -0.3 is 15.1 Å². The molecule has 0 aliphatic carbocycles. The van der Waals surface area contributed by atoms with E-state index in [0.29, 0.717) is 25.6 Å². The molecule has 0 unspecified atom stereocenters. The van der Waals surface area contributed by atoms with Gasteiger partial charge in [0.25, 0.3) is 0 Å². The maximum Gasteiger partial charge on any atom is 0.317 e. The lowest BCUT2D eigenvalue weighted by molar-refractivity contribution is 0.195. The van der Waals surface area contributed by atoms with E-state index in [0.717, 1.165) is 43.3 Å². The number of hydrogen-bond donors (Lipinski definition) is 1. The monoisotopic (exact) mass is 423 g/mol. The fourth-order valence-corrected chi connectivity index (χ4v) is 4.04. The van der Waals surface area contributed by atoms with Gasteiger partial charge >= 0.3 is 6.03 Å². The van der Waals surface area contributed by atoms with Crippen LogP contribution in [0.4, 0.5) is 10.6 Å². The number of anilines is 1. The maximum absolute atomic E-state index is 12.2. The first-order valence-electron chi connectivity index (χ1n) is 11.5. The summed E-state index contributed by atoms with van der Waals surface area (Å²) in [7, 11) is 0. The number of carbonyl (C=O) groups is 1. The van der Waals surface area contributed by atoms with Gasteiger partial charge in [0.05, 0.1) is 0 Å². The summed E-state index contributed by atoms with van der Waals surface area (Å²) in [4.78, 5) is 26.4. The van der Waals surface area contributed by atoms with Crippen LogP contribution in [-0.4, -0.2) is 53.6 Å². The zero-order valence-corrected chi connectivity index (χ0v) is 20.0. The molecule has 1 aliphatic heterocycles. The highest BCUT2D eigenvalue weighted by Gasteiger charge is 2.25. The summed E-state index contributed by atoms with van der Waals surface area (Å²) in [6.45, 7) is 16.4. The number of aromatic nitrogens is 2. The fourth-order valence-electron chi connectivity index (χ4n) is 4.04. The number of hydrogen-bond acceptors (Lipinski definition) is 4. The molecule has 1 N–H and O–H groups in total. The lowest BCUT2D eigenvalue weighted by Crippen LogP contribution is -2.52. The van der Waals surface area contributed by atoms with Gasteiger partial charge in [0.1, 0.15) is 11.6 Å². The van der Waals surface area contributed by atoms with Crippen molar-refractivity contribution >= 4 is 11.8 Å². The van der Waals surface area contributed by atoms with Gasteiger partial charge in [-0.25, -0.2) is 14.8 Å².